The molecule has 3 unspecified atom stereocenters. The third-order valence-corrected chi connectivity index (χ3v) is 4.22. The average Bonchev–Trinajstić information content (AvgIpc) is 3.10. The number of rotatable bonds is 3. The molecule has 2 aliphatic heterocycles. The molecular weight excluding hydrogens is 272 g/mol. The summed E-state index contributed by atoms with van der Waals surface area (Å²) in [5.41, 5.74) is 0.0894. The van der Waals surface area contributed by atoms with Crippen molar-refractivity contribution in [3.8, 4) is 6.07 Å². The molecule has 0 saturated carbocycles. The fourth-order valence-corrected chi connectivity index (χ4v) is 3.20. The zero-order chi connectivity index (χ0) is 15.0. The Labute approximate surface area is 121 Å². The zero-order valence-corrected chi connectivity index (χ0v) is 11.2. The number of amides is 1. The van der Waals surface area contributed by atoms with Crippen LogP contribution in [0.5, 0.6) is 0 Å². The fraction of sp³-hybridized carbons (Fsp3) is 0.429. The van der Waals surface area contributed by atoms with E-state index in [-0.39, 0.29) is 34.8 Å². The molecule has 108 valence electrons. The van der Waals surface area contributed by atoms with Crippen LogP contribution in [0.4, 0.5) is 11.4 Å². The van der Waals surface area contributed by atoms with E-state index in [0.717, 1.165) is 19.3 Å². The first-order valence-electron chi connectivity index (χ1n) is 6.84. The number of nitrogens with zero attached hydrogens (tertiary/aromatic N) is 2. The maximum Gasteiger partial charge on any atom is 0.294 e. The normalized spacial score (nSPS) is 26.3. The topological polar surface area (TPSA) is 108 Å². The lowest BCUT2D eigenvalue weighted by Gasteiger charge is -2.19. The second-order valence-electron chi connectivity index (χ2n) is 5.48. The van der Waals surface area contributed by atoms with E-state index >= 15 is 0 Å². The van der Waals surface area contributed by atoms with Crippen LogP contribution in [0.25, 0.3) is 0 Å². The molecule has 21 heavy (non-hydrogen) atoms. The minimum absolute atomic E-state index is 0.140. The molecule has 3 rings (SSSR count). The third-order valence-electron chi connectivity index (χ3n) is 4.22. The Balaban J connectivity index is 1.80. The number of hydrogen-bond acceptors (Lipinski definition) is 5. The molecule has 2 saturated heterocycles. The number of nitro groups is 1. The lowest BCUT2D eigenvalue weighted by atomic mass is 9.88. The molecule has 1 amide bonds. The van der Waals surface area contributed by atoms with Gasteiger partial charge in [-0.05, 0) is 31.4 Å². The highest BCUT2D eigenvalue weighted by molar-refractivity contribution is 5.95. The first kappa shape index (κ1) is 13.5. The van der Waals surface area contributed by atoms with Gasteiger partial charge >= 0.3 is 0 Å². The van der Waals surface area contributed by atoms with Gasteiger partial charge in [-0.1, -0.05) is 0 Å². The van der Waals surface area contributed by atoms with E-state index in [9.17, 15) is 14.9 Å². The summed E-state index contributed by atoms with van der Waals surface area (Å²) >= 11 is 0. The fourth-order valence-electron chi connectivity index (χ4n) is 3.20. The number of carbonyl (C=O) groups is 1. The molecule has 2 N–H and O–H groups in total. The quantitative estimate of drug-likeness (QED) is 0.647. The Morgan fingerprint density at radius 3 is 2.86 bits per heavy atom. The monoisotopic (exact) mass is 286 g/mol. The van der Waals surface area contributed by atoms with Crippen LogP contribution in [0.3, 0.4) is 0 Å². The van der Waals surface area contributed by atoms with Crippen molar-refractivity contribution in [2.45, 2.75) is 31.3 Å². The Hall–Kier alpha value is -2.46. The van der Waals surface area contributed by atoms with Crippen LogP contribution in [-0.2, 0) is 4.79 Å². The van der Waals surface area contributed by atoms with E-state index in [1.165, 1.54) is 18.2 Å². The number of fused-ring (bicyclic) bond motifs is 2. The summed E-state index contributed by atoms with van der Waals surface area (Å²) in [6.07, 6.45) is 2.84. The largest absolute Gasteiger partial charge is 0.320 e. The second kappa shape index (κ2) is 5.14. The molecule has 2 heterocycles. The van der Waals surface area contributed by atoms with Crippen molar-refractivity contribution in [2.75, 3.05) is 5.32 Å². The van der Waals surface area contributed by atoms with Gasteiger partial charge in [0.25, 0.3) is 5.69 Å². The number of benzene rings is 1. The maximum absolute atomic E-state index is 12.3. The lowest BCUT2D eigenvalue weighted by Crippen LogP contribution is -2.33. The summed E-state index contributed by atoms with van der Waals surface area (Å²) in [6, 6.07) is 6.46. The Morgan fingerprint density at radius 2 is 2.29 bits per heavy atom. The molecule has 0 aromatic heterocycles. The second-order valence-corrected chi connectivity index (χ2v) is 5.48. The molecule has 2 fully saturated rings. The number of anilines is 1. The van der Waals surface area contributed by atoms with Crippen LogP contribution in [0, 0.1) is 27.4 Å². The molecule has 0 aliphatic carbocycles. The van der Waals surface area contributed by atoms with E-state index < -0.39 is 4.92 Å². The Morgan fingerprint density at radius 1 is 1.48 bits per heavy atom. The number of carbonyl (C=O) groups excluding carboxylic acids is 1. The summed E-state index contributed by atoms with van der Waals surface area (Å²) in [6.45, 7) is 0. The summed E-state index contributed by atoms with van der Waals surface area (Å²) in [5, 5.41) is 25.8. The van der Waals surface area contributed by atoms with Gasteiger partial charge in [-0.3, -0.25) is 14.9 Å². The van der Waals surface area contributed by atoms with Crippen molar-refractivity contribution in [3.63, 3.8) is 0 Å². The van der Waals surface area contributed by atoms with E-state index in [2.05, 4.69) is 10.6 Å². The zero-order valence-electron chi connectivity index (χ0n) is 11.2. The molecule has 2 bridgehead atoms. The SMILES string of the molecule is N#Cc1ccc(NC(=O)C2CC3CCC2N3)c([N+](=O)[O-])c1. The van der Waals surface area contributed by atoms with E-state index in [0.29, 0.717) is 6.04 Å². The van der Waals surface area contributed by atoms with Gasteiger partial charge < -0.3 is 10.6 Å². The number of nitriles is 1. The van der Waals surface area contributed by atoms with E-state index in [1.807, 2.05) is 6.07 Å². The first-order valence-corrected chi connectivity index (χ1v) is 6.84. The van der Waals surface area contributed by atoms with Crippen LogP contribution in [-0.4, -0.2) is 22.9 Å². The van der Waals surface area contributed by atoms with Gasteiger partial charge in [-0.2, -0.15) is 5.26 Å². The van der Waals surface area contributed by atoms with Crippen LogP contribution in [0.15, 0.2) is 18.2 Å². The minimum Gasteiger partial charge on any atom is -0.320 e. The van der Waals surface area contributed by atoms with Crippen LogP contribution in [0.1, 0.15) is 24.8 Å². The van der Waals surface area contributed by atoms with Gasteiger partial charge in [0.1, 0.15) is 5.69 Å². The van der Waals surface area contributed by atoms with Crippen molar-refractivity contribution in [2.24, 2.45) is 5.92 Å². The van der Waals surface area contributed by atoms with Gasteiger partial charge in [-0.25, -0.2) is 0 Å². The van der Waals surface area contributed by atoms with Crippen molar-refractivity contribution >= 4 is 17.3 Å². The van der Waals surface area contributed by atoms with Gasteiger partial charge in [-0.15, -0.1) is 0 Å². The van der Waals surface area contributed by atoms with Gasteiger partial charge in [0.05, 0.1) is 22.5 Å². The number of nitro benzene ring substituents is 1. The molecule has 0 spiro atoms. The Bertz CT molecular complexity index is 652. The third kappa shape index (κ3) is 2.45. The van der Waals surface area contributed by atoms with E-state index in [1.54, 1.807) is 0 Å². The number of hydrogen-bond donors (Lipinski definition) is 2. The predicted molar refractivity (Wildman–Crippen MR) is 74.5 cm³/mol. The molecule has 0 radical (unpaired) electrons. The molecule has 3 atom stereocenters. The smallest absolute Gasteiger partial charge is 0.294 e. The van der Waals surface area contributed by atoms with Gasteiger partial charge in [0.2, 0.25) is 5.91 Å². The van der Waals surface area contributed by atoms with Crippen LogP contribution >= 0.6 is 0 Å². The predicted octanol–water partition coefficient (Wildman–Crippen LogP) is 1.55. The highest BCUT2D eigenvalue weighted by atomic mass is 16.6. The highest BCUT2D eigenvalue weighted by Crippen LogP contribution is 2.34. The van der Waals surface area contributed by atoms with Gasteiger partial charge in [0, 0.05) is 18.2 Å². The summed E-state index contributed by atoms with van der Waals surface area (Å²) in [5.74, 6) is -0.332. The summed E-state index contributed by atoms with van der Waals surface area (Å²) in [4.78, 5) is 22.8. The average molecular weight is 286 g/mol. The standard InChI is InChI=1S/C14H14N4O3/c15-7-8-1-3-12(13(5-8)18(20)21)17-14(19)10-6-9-2-4-11(10)16-9/h1,3,5,9-11,16H,2,4,6H2,(H,17,19). The highest BCUT2D eigenvalue weighted by Gasteiger charge is 2.43. The van der Waals surface area contributed by atoms with Crippen molar-refractivity contribution < 1.29 is 9.72 Å². The lowest BCUT2D eigenvalue weighted by molar-refractivity contribution is -0.384. The Kier molecular flexibility index (Phi) is 3.31. The molecule has 1 aromatic carbocycles. The molecule has 7 heteroatoms. The molecular formula is C14H14N4O3. The van der Waals surface area contributed by atoms with E-state index in [4.69, 9.17) is 5.26 Å². The first-order chi connectivity index (χ1) is 10.1. The van der Waals surface area contributed by atoms with Crippen molar-refractivity contribution in [3.05, 3.63) is 33.9 Å². The molecule has 2 aliphatic rings. The van der Waals surface area contributed by atoms with Crippen molar-refractivity contribution in [1.82, 2.24) is 5.32 Å². The summed E-state index contributed by atoms with van der Waals surface area (Å²) in [7, 11) is 0. The number of nitrogens with one attached hydrogen (secondary N) is 2. The molecule has 7 nitrogen and oxygen atoms in total. The minimum atomic E-state index is -0.588. The van der Waals surface area contributed by atoms with Crippen molar-refractivity contribution in [1.29, 1.82) is 5.26 Å². The summed E-state index contributed by atoms with van der Waals surface area (Å²) < 4.78 is 0. The van der Waals surface area contributed by atoms with Gasteiger partial charge in [0.15, 0.2) is 0 Å². The maximum atomic E-state index is 12.3. The van der Waals surface area contributed by atoms with Crippen LogP contribution < -0.4 is 10.6 Å². The molecule has 1 aromatic rings. The van der Waals surface area contributed by atoms with Crippen LogP contribution in [0.2, 0.25) is 0 Å².